The summed E-state index contributed by atoms with van der Waals surface area (Å²) in [5.41, 5.74) is 9.49. The van der Waals surface area contributed by atoms with E-state index in [4.69, 9.17) is 5.73 Å². The second-order valence-corrected chi connectivity index (χ2v) is 4.00. The number of benzene rings is 2. The zero-order valence-electron chi connectivity index (χ0n) is 9.56. The fourth-order valence-electron chi connectivity index (χ4n) is 2.15. The number of anilines is 1. The molecule has 16 heavy (non-hydrogen) atoms. The molecule has 0 bridgehead atoms. The van der Waals surface area contributed by atoms with Gasteiger partial charge < -0.3 is 5.73 Å². The molecule has 0 aromatic heterocycles. The number of hydrogen-bond donors (Lipinski definition) is 1. The standard InChI is InChI=1S/C15H17N/c1-2-13(12-8-4-3-5-9-12)14-10-6-7-11-15(14)16/h3-11,13H,2,16H2,1H3. The SMILES string of the molecule is CCC(c1ccccc1)c1ccccc1N. The lowest BCUT2D eigenvalue weighted by Crippen LogP contribution is -2.03. The number of hydrogen-bond acceptors (Lipinski definition) is 1. The quantitative estimate of drug-likeness (QED) is 0.767. The van der Waals surface area contributed by atoms with E-state index >= 15 is 0 Å². The molecule has 0 heterocycles. The third-order valence-electron chi connectivity index (χ3n) is 2.98. The molecule has 1 unspecified atom stereocenters. The van der Waals surface area contributed by atoms with Crippen molar-refractivity contribution in [2.24, 2.45) is 0 Å². The Morgan fingerprint density at radius 3 is 2.19 bits per heavy atom. The molecule has 2 N–H and O–H groups in total. The zero-order valence-corrected chi connectivity index (χ0v) is 9.56. The molecule has 0 aliphatic heterocycles. The van der Waals surface area contributed by atoms with Gasteiger partial charge in [-0.2, -0.15) is 0 Å². The second-order valence-electron chi connectivity index (χ2n) is 4.00. The monoisotopic (exact) mass is 211 g/mol. The van der Waals surface area contributed by atoms with Crippen molar-refractivity contribution >= 4 is 5.69 Å². The highest BCUT2D eigenvalue weighted by molar-refractivity contribution is 5.51. The average molecular weight is 211 g/mol. The number of nitrogens with two attached hydrogens (primary N) is 1. The van der Waals surface area contributed by atoms with E-state index in [1.807, 2.05) is 18.2 Å². The van der Waals surface area contributed by atoms with E-state index in [0.717, 1.165) is 12.1 Å². The summed E-state index contributed by atoms with van der Waals surface area (Å²) >= 11 is 0. The number of nitrogen functional groups attached to an aromatic ring is 1. The first-order chi connectivity index (χ1) is 7.83. The van der Waals surface area contributed by atoms with Gasteiger partial charge in [0, 0.05) is 11.6 Å². The Balaban J connectivity index is 2.41. The lowest BCUT2D eigenvalue weighted by Gasteiger charge is -2.17. The first-order valence-electron chi connectivity index (χ1n) is 5.72. The van der Waals surface area contributed by atoms with Gasteiger partial charge in [-0.3, -0.25) is 0 Å². The minimum atomic E-state index is 0.405. The summed E-state index contributed by atoms with van der Waals surface area (Å²) in [4.78, 5) is 0. The zero-order chi connectivity index (χ0) is 11.4. The van der Waals surface area contributed by atoms with Crippen LogP contribution in [-0.2, 0) is 0 Å². The van der Waals surface area contributed by atoms with E-state index in [1.165, 1.54) is 11.1 Å². The Bertz CT molecular complexity index is 448. The Labute approximate surface area is 96.9 Å². The van der Waals surface area contributed by atoms with Gasteiger partial charge in [0.05, 0.1) is 0 Å². The highest BCUT2D eigenvalue weighted by atomic mass is 14.6. The number of para-hydroxylation sites is 1. The van der Waals surface area contributed by atoms with Crippen LogP contribution in [0.1, 0.15) is 30.4 Å². The minimum Gasteiger partial charge on any atom is -0.398 e. The molecule has 1 heteroatoms. The maximum Gasteiger partial charge on any atom is 0.0352 e. The van der Waals surface area contributed by atoms with Crippen LogP contribution in [0.5, 0.6) is 0 Å². The Morgan fingerprint density at radius 1 is 0.938 bits per heavy atom. The maximum atomic E-state index is 6.03. The Kier molecular flexibility index (Phi) is 3.25. The molecule has 0 fully saturated rings. The van der Waals surface area contributed by atoms with Gasteiger partial charge in [-0.15, -0.1) is 0 Å². The summed E-state index contributed by atoms with van der Waals surface area (Å²) in [6, 6.07) is 18.7. The van der Waals surface area contributed by atoms with Crippen molar-refractivity contribution in [1.82, 2.24) is 0 Å². The summed E-state index contributed by atoms with van der Waals surface area (Å²) in [6.07, 6.45) is 1.07. The normalized spacial score (nSPS) is 12.3. The molecule has 2 aromatic carbocycles. The third kappa shape index (κ3) is 2.08. The van der Waals surface area contributed by atoms with Crippen molar-refractivity contribution in [1.29, 1.82) is 0 Å². The summed E-state index contributed by atoms with van der Waals surface area (Å²) in [5.74, 6) is 0.405. The Morgan fingerprint density at radius 2 is 1.56 bits per heavy atom. The number of rotatable bonds is 3. The van der Waals surface area contributed by atoms with Crippen LogP contribution in [-0.4, -0.2) is 0 Å². The molecule has 0 saturated carbocycles. The van der Waals surface area contributed by atoms with Crippen molar-refractivity contribution in [2.75, 3.05) is 5.73 Å². The molecule has 2 aromatic rings. The van der Waals surface area contributed by atoms with Crippen LogP contribution < -0.4 is 5.73 Å². The van der Waals surface area contributed by atoms with E-state index in [2.05, 4.69) is 43.3 Å². The molecule has 2 rings (SSSR count). The van der Waals surface area contributed by atoms with Gasteiger partial charge in [0.2, 0.25) is 0 Å². The molecule has 0 aliphatic carbocycles. The molecule has 0 radical (unpaired) electrons. The molecular weight excluding hydrogens is 194 g/mol. The van der Waals surface area contributed by atoms with Crippen LogP contribution in [0.2, 0.25) is 0 Å². The van der Waals surface area contributed by atoms with Gasteiger partial charge in [-0.05, 0) is 23.6 Å². The fraction of sp³-hybridized carbons (Fsp3) is 0.200. The van der Waals surface area contributed by atoms with Crippen LogP contribution in [0.3, 0.4) is 0 Å². The van der Waals surface area contributed by atoms with Gasteiger partial charge in [0.15, 0.2) is 0 Å². The molecule has 82 valence electrons. The Hall–Kier alpha value is -1.76. The van der Waals surface area contributed by atoms with Gasteiger partial charge in [-0.1, -0.05) is 55.5 Å². The minimum absolute atomic E-state index is 0.405. The van der Waals surface area contributed by atoms with Crippen molar-refractivity contribution in [2.45, 2.75) is 19.3 Å². The van der Waals surface area contributed by atoms with Gasteiger partial charge >= 0.3 is 0 Å². The van der Waals surface area contributed by atoms with Crippen LogP contribution in [0, 0.1) is 0 Å². The molecule has 0 aliphatic rings. The lowest BCUT2D eigenvalue weighted by molar-refractivity contribution is 0.779. The lowest BCUT2D eigenvalue weighted by atomic mass is 9.88. The van der Waals surface area contributed by atoms with Crippen LogP contribution in [0.4, 0.5) is 5.69 Å². The topological polar surface area (TPSA) is 26.0 Å². The molecule has 0 saturated heterocycles. The van der Waals surface area contributed by atoms with E-state index in [0.29, 0.717) is 5.92 Å². The first kappa shape index (κ1) is 10.7. The third-order valence-corrected chi connectivity index (χ3v) is 2.98. The van der Waals surface area contributed by atoms with E-state index in [9.17, 15) is 0 Å². The van der Waals surface area contributed by atoms with Gasteiger partial charge in [0.25, 0.3) is 0 Å². The smallest absolute Gasteiger partial charge is 0.0352 e. The van der Waals surface area contributed by atoms with Crippen molar-refractivity contribution in [3.05, 3.63) is 65.7 Å². The van der Waals surface area contributed by atoms with Crippen molar-refractivity contribution < 1.29 is 0 Å². The van der Waals surface area contributed by atoms with Crippen LogP contribution in [0.25, 0.3) is 0 Å². The highest BCUT2D eigenvalue weighted by Crippen LogP contribution is 2.31. The molecule has 0 amide bonds. The van der Waals surface area contributed by atoms with Crippen molar-refractivity contribution in [3.63, 3.8) is 0 Å². The largest absolute Gasteiger partial charge is 0.398 e. The average Bonchev–Trinajstić information content (AvgIpc) is 2.34. The first-order valence-corrected chi connectivity index (χ1v) is 5.72. The van der Waals surface area contributed by atoms with Gasteiger partial charge in [0.1, 0.15) is 0 Å². The highest BCUT2D eigenvalue weighted by Gasteiger charge is 2.13. The summed E-state index contributed by atoms with van der Waals surface area (Å²) < 4.78 is 0. The summed E-state index contributed by atoms with van der Waals surface area (Å²) in [7, 11) is 0. The van der Waals surface area contributed by atoms with Crippen molar-refractivity contribution in [3.8, 4) is 0 Å². The van der Waals surface area contributed by atoms with Crippen LogP contribution >= 0.6 is 0 Å². The summed E-state index contributed by atoms with van der Waals surface area (Å²) in [5, 5.41) is 0. The second kappa shape index (κ2) is 4.84. The molecule has 1 atom stereocenters. The molecule has 1 nitrogen and oxygen atoms in total. The maximum absolute atomic E-state index is 6.03. The van der Waals surface area contributed by atoms with E-state index in [-0.39, 0.29) is 0 Å². The van der Waals surface area contributed by atoms with E-state index < -0.39 is 0 Å². The summed E-state index contributed by atoms with van der Waals surface area (Å²) in [6.45, 7) is 2.20. The van der Waals surface area contributed by atoms with Crippen LogP contribution in [0.15, 0.2) is 54.6 Å². The van der Waals surface area contributed by atoms with Gasteiger partial charge in [-0.25, -0.2) is 0 Å². The predicted octanol–water partition coefficient (Wildman–Crippen LogP) is 3.81. The predicted molar refractivity (Wildman–Crippen MR) is 69.4 cm³/mol. The molecular formula is C15H17N. The fourth-order valence-corrected chi connectivity index (χ4v) is 2.15. The van der Waals surface area contributed by atoms with E-state index in [1.54, 1.807) is 0 Å². The molecule has 0 spiro atoms.